The number of aryl methyl sites for hydroxylation is 1. The molecular formula is C11H18F2. The van der Waals surface area contributed by atoms with Crippen LogP contribution >= 0.6 is 0 Å². The van der Waals surface area contributed by atoms with Crippen LogP contribution < -0.4 is 0 Å². The van der Waals surface area contributed by atoms with Gasteiger partial charge in [-0.05, 0) is 13.8 Å². The van der Waals surface area contributed by atoms with Crippen LogP contribution in [0.4, 0.5) is 8.78 Å². The Morgan fingerprint density at radius 1 is 1.00 bits per heavy atom. The second kappa shape index (κ2) is 11.1. The number of hydrogen-bond donors (Lipinski definition) is 0. The molecule has 76 valence electrons. The maximum absolute atomic E-state index is 10.3. The van der Waals surface area contributed by atoms with Gasteiger partial charge in [-0.25, -0.2) is 8.78 Å². The molecule has 0 radical (unpaired) electrons. The molecule has 0 spiro atoms. The predicted octanol–water partition coefficient (Wildman–Crippen LogP) is 4.29. The van der Waals surface area contributed by atoms with Crippen molar-refractivity contribution in [3.05, 3.63) is 35.9 Å². The lowest BCUT2D eigenvalue weighted by atomic mass is 10.2. The number of alkyl halides is 2. The molecule has 0 fully saturated rings. The highest BCUT2D eigenvalue weighted by molar-refractivity contribution is 5.11. The van der Waals surface area contributed by atoms with Crippen molar-refractivity contribution in [2.45, 2.75) is 34.1 Å². The van der Waals surface area contributed by atoms with Gasteiger partial charge in [0.15, 0.2) is 0 Å². The zero-order valence-electron chi connectivity index (χ0n) is 8.72. The van der Waals surface area contributed by atoms with Gasteiger partial charge in [0, 0.05) is 0 Å². The summed E-state index contributed by atoms with van der Waals surface area (Å²) in [7, 11) is 0. The fraction of sp³-hybridized carbons (Fsp3) is 0.455. The van der Waals surface area contributed by atoms with E-state index in [-0.39, 0.29) is 0 Å². The summed E-state index contributed by atoms with van der Waals surface area (Å²) in [5.41, 5.74) is 1.32. The zero-order valence-corrected chi connectivity index (χ0v) is 8.72. The van der Waals surface area contributed by atoms with Crippen molar-refractivity contribution < 1.29 is 8.78 Å². The molecule has 2 heteroatoms. The molecule has 0 aliphatic carbocycles. The predicted molar refractivity (Wildman–Crippen MR) is 54.2 cm³/mol. The summed E-state index contributed by atoms with van der Waals surface area (Å²) in [6.45, 7) is 6.92. The van der Waals surface area contributed by atoms with E-state index in [1.165, 1.54) is 5.56 Å². The van der Waals surface area contributed by atoms with Crippen LogP contribution in [0.5, 0.6) is 0 Å². The highest BCUT2D eigenvalue weighted by Crippen LogP contribution is 1.92. The second-order valence-electron chi connectivity index (χ2n) is 2.17. The lowest BCUT2D eigenvalue weighted by molar-refractivity contribution is 0.171. The summed E-state index contributed by atoms with van der Waals surface area (Å²) < 4.78 is 20.7. The molecule has 0 saturated heterocycles. The summed E-state index contributed by atoms with van der Waals surface area (Å²) in [4.78, 5) is 0. The molecule has 0 saturated carbocycles. The van der Waals surface area contributed by atoms with Crippen LogP contribution in [0, 0.1) is 6.92 Å². The lowest BCUT2D eigenvalue weighted by Crippen LogP contribution is -1.69. The molecule has 0 atom stereocenters. The number of halogens is 2. The van der Waals surface area contributed by atoms with Gasteiger partial charge in [-0.2, -0.15) is 0 Å². The monoisotopic (exact) mass is 188 g/mol. The molecule has 0 unspecified atom stereocenters. The van der Waals surface area contributed by atoms with E-state index in [2.05, 4.69) is 19.1 Å². The average molecular weight is 188 g/mol. The van der Waals surface area contributed by atoms with Crippen LogP contribution in [0.3, 0.4) is 0 Å². The van der Waals surface area contributed by atoms with Gasteiger partial charge in [0.1, 0.15) is 0 Å². The molecule has 0 bridgehead atoms. The van der Waals surface area contributed by atoms with Crippen LogP contribution in [0.1, 0.15) is 26.3 Å². The van der Waals surface area contributed by atoms with Crippen LogP contribution in [-0.4, -0.2) is 6.43 Å². The summed E-state index contributed by atoms with van der Waals surface area (Å²) in [6.07, 6.45) is -2.17. The highest BCUT2D eigenvalue weighted by atomic mass is 19.3. The Morgan fingerprint density at radius 2 is 1.31 bits per heavy atom. The van der Waals surface area contributed by atoms with Gasteiger partial charge >= 0.3 is 0 Å². The fourth-order valence-electron chi connectivity index (χ4n) is 0.534. The summed E-state index contributed by atoms with van der Waals surface area (Å²) in [5.74, 6) is 0. The lowest BCUT2D eigenvalue weighted by Gasteiger charge is -1.82. The van der Waals surface area contributed by atoms with E-state index < -0.39 is 6.43 Å². The molecule has 0 aliphatic rings. The van der Waals surface area contributed by atoms with Crippen LogP contribution in [-0.2, 0) is 0 Å². The standard InChI is InChI=1S/C7H8.C2H4F2.C2H6/c1-7-5-3-2-4-6-7;1-2(3)4;1-2/h2-6H,1H3;2H,1H3;1-2H3. The molecule has 0 aliphatic heterocycles. The first-order valence-corrected chi connectivity index (χ1v) is 4.42. The maximum Gasteiger partial charge on any atom is 0.235 e. The van der Waals surface area contributed by atoms with Gasteiger partial charge in [-0.1, -0.05) is 49.7 Å². The number of hydrogen-bond acceptors (Lipinski definition) is 0. The van der Waals surface area contributed by atoms with Crippen molar-refractivity contribution in [3.63, 3.8) is 0 Å². The third-order valence-electron chi connectivity index (χ3n) is 0.940. The van der Waals surface area contributed by atoms with Gasteiger partial charge in [-0.3, -0.25) is 0 Å². The average Bonchev–Trinajstić information content (AvgIpc) is 2.08. The van der Waals surface area contributed by atoms with Gasteiger partial charge in [-0.15, -0.1) is 0 Å². The summed E-state index contributed by atoms with van der Waals surface area (Å²) >= 11 is 0. The summed E-state index contributed by atoms with van der Waals surface area (Å²) in [5, 5.41) is 0. The first-order valence-electron chi connectivity index (χ1n) is 4.42. The van der Waals surface area contributed by atoms with Crippen molar-refractivity contribution in [3.8, 4) is 0 Å². The Labute approximate surface area is 79.6 Å². The van der Waals surface area contributed by atoms with E-state index in [1.54, 1.807) is 0 Å². The fourth-order valence-corrected chi connectivity index (χ4v) is 0.534. The Morgan fingerprint density at radius 3 is 1.46 bits per heavy atom. The third kappa shape index (κ3) is 18.2. The molecule has 0 aromatic heterocycles. The van der Waals surface area contributed by atoms with Crippen molar-refractivity contribution >= 4 is 0 Å². The molecule has 0 nitrogen and oxygen atoms in total. The second-order valence-corrected chi connectivity index (χ2v) is 2.17. The van der Waals surface area contributed by atoms with E-state index >= 15 is 0 Å². The van der Waals surface area contributed by atoms with Crippen LogP contribution in [0.25, 0.3) is 0 Å². The summed E-state index contributed by atoms with van der Waals surface area (Å²) in [6, 6.07) is 10.3. The van der Waals surface area contributed by atoms with Crippen molar-refractivity contribution in [1.82, 2.24) is 0 Å². The highest BCUT2D eigenvalue weighted by Gasteiger charge is 1.79. The van der Waals surface area contributed by atoms with E-state index in [0.717, 1.165) is 6.92 Å². The SMILES string of the molecule is CC.CC(F)F.Cc1ccccc1. The van der Waals surface area contributed by atoms with Crippen molar-refractivity contribution in [1.29, 1.82) is 0 Å². The molecule has 1 aromatic carbocycles. The van der Waals surface area contributed by atoms with Gasteiger partial charge in [0.05, 0.1) is 0 Å². The molecule has 0 N–H and O–H groups in total. The molecule has 1 rings (SSSR count). The number of rotatable bonds is 0. The minimum atomic E-state index is -2.17. The molecule has 13 heavy (non-hydrogen) atoms. The largest absolute Gasteiger partial charge is 0.235 e. The quantitative estimate of drug-likeness (QED) is 0.569. The minimum Gasteiger partial charge on any atom is -0.211 e. The van der Waals surface area contributed by atoms with E-state index in [0.29, 0.717) is 0 Å². The minimum absolute atomic E-state index is 0.833. The smallest absolute Gasteiger partial charge is 0.211 e. The van der Waals surface area contributed by atoms with Crippen molar-refractivity contribution in [2.75, 3.05) is 0 Å². The zero-order chi connectivity index (χ0) is 10.7. The Balaban J connectivity index is 0. The van der Waals surface area contributed by atoms with E-state index in [4.69, 9.17) is 0 Å². The Kier molecular flexibility index (Phi) is 12.4. The molecule has 1 aromatic rings. The third-order valence-corrected chi connectivity index (χ3v) is 0.940. The molecule has 0 heterocycles. The number of benzene rings is 1. The van der Waals surface area contributed by atoms with Crippen LogP contribution in [0.15, 0.2) is 30.3 Å². The van der Waals surface area contributed by atoms with Gasteiger partial charge in [0.2, 0.25) is 6.43 Å². The molecular weight excluding hydrogens is 170 g/mol. The van der Waals surface area contributed by atoms with Gasteiger partial charge < -0.3 is 0 Å². The Bertz CT molecular complexity index is 168. The van der Waals surface area contributed by atoms with E-state index in [1.807, 2.05) is 32.0 Å². The van der Waals surface area contributed by atoms with Crippen LogP contribution in [0.2, 0.25) is 0 Å². The Hall–Kier alpha value is -0.920. The maximum atomic E-state index is 10.3. The van der Waals surface area contributed by atoms with Gasteiger partial charge in [0.25, 0.3) is 0 Å². The first kappa shape index (κ1) is 14.6. The topological polar surface area (TPSA) is 0 Å². The molecule has 0 amide bonds. The normalized spacial score (nSPS) is 7.92. The van der Waals surface area contributed by atoms with Crippen molar-refractivity contribution in [2.24, 2.45) is 0 Å². The van der Waals surface area contributed by atoms with E-state index in [9.17, 15) is 8.78 Å². The first-order chi connectivity index (χ1) is 6.13.